The highest BCUT2D eigenvalue weighted by atomic mass is 32.2. The van der Waals surface area contributed by atoms with Gasteiger partial charge in [0.25, 0.3) is 0 Å². The van der Waals surface area contributed by atoms with E-state index >= 15 is 0 Å². The van der Waals surface area contributed by atoms with Gasteiger partial charge < -0.3 is 0 Å². The van der Waals surface area contributed by atoms with E-state index in [1.807, 2.05) is 30.3 Å². The Balaban J connectivity index is 2.02. The van der Waals surface area contributed by atoms with Crippen LogP contribution in [0.2, 0.25) is 0 Å². The molecule has 0 bridgehead atoms. The van der Waals surface area contributed by atoms with E-state index in [-0.39, 0.29) is 11.2 Å². The lowest BCUT2D eigenvalue weighted by atomic mass is 9.90. The van der Waals surface area contributed by atoms with Crippen molar-refractivity contribution in [3.63, 3.8) is 0 Å². The summed E-state index contributed by atoms with van der Waals surface area (Å²) in [6.45, 7) is 0. The summed E-state index contributed by atoms with van der Waals surface area (Å²) in [6.07, 6.45) is 4.08. The summed E-state index contributed by atoms with van der Waals surface area (Å²) in [6, 6.07) is 12.2. The molecule has 3 heteroatoms. The highest BCUT2D eigenvalue weighted by Crippen LogP contribution is 2.28. The SMILES string of the molecule is N#CC1CCCCC1S(=O)Cc1ccccc1. The van der Waals surface area contributed by atoms with Crippen LogP contribution >= 0.6 is 0 Å². The maximum absolute atomic E-state index is 12.3. The fraction of sp³-hybridized carbons (Fsp3) is 0.500. The Bertz CT molecular complexity index is 424. The van der Waals surface area contributed by atoms with Crippen LogP contribution in [0, 0.1) is 17.2 Å². The normalized spacial score (nSPS) is 26.1. The van der Waals surface area contributed by atoms with Crippen molar-refractivity contribution in [2.75, 3.05) is 0 Å². The van der Waals surface area contributed by atoms with Crippen LogP contribution in [0.5, 0.6) is 0 Å². The molecule has 2 rings (SSSR count). The Morgan fingerprint density at radius 2 is 1.94 bits per heavy atom. The van der Waals surface area contributed by atoms with E-state index in [4.69, 9.17) is 5.26 Å². The third kappa shape index (κ3) is 3.17. The van der Waals surface area contributed by atoms with Crippen LogP contribution < -0.4 is 0 Å². The first-order valence-electron chi connectivity index (χ1n) is 6.12. The molecule has 1 fully saturated rings. The van der Waals surface area contributed by atoms with Crippen molar-refractivity contribution in [1.29, 1.82) is 5.26 Å². The molecule has 1 aromatic rings. The Morgan fingerprint density at radius 3 is 2.65 bits per heavy atom. The van der Waals surface area contributed by atoms with Gasteiger partial charge in [0.1, 0.15) is 0 Å². The predicted octanol–water partition coefficient (Wildman–Crippen LogP) is 3.02. The van der Waals surface area contributed by atoms with E-state index < -0.39 is 10.8 Å². The van der Waals surface area contributed by atoms with Crippen molar-refractivity contribution in [1.82, 2.24) is 0 Å². The first-order valence-corrected chi connectivity index (χ1v) is 7.50. The van der Waals surface area contributed by atoms with Gasteiger partial charge in [-0.25, -0.2) is 0 Å². The van der Waals surface area contributed by atoms with Crippen LogP contribution in [0.4, 0.5) is 0 Å². The summed E-state index contributed by atoms with van der Waals surface area (Å²) in [4.78, 5) is 0. The Kier molecular flexibility index (Phi) is 4.33. The molecule has 2 nitrogen and oxygen atoms in total. The quantitative estimate of drug-likeness (QED) is 0.823. The molecule has 3 unspecified atom stereocenters. The van der Waals surface area contributed by atoms with E-state index in [2.05, 4.69) is 6.07 Å². The second-order valence-corrected chi connectivity index (χ2v) is 6.22. The molecule has 0 radical (unpaired) electrons. The molecule has 17 heavy (non-hydrogen) atoms. The van der Waals surface area contributed by atoms with Crippen LogP contribution in [0.15, 0.2) is 30.3 Å². The van der Waals surface area contributed by atoms with Crippen molar-refractivity contribution in [3.05, 3.63) is 35.9 Å². The zero-order chi connectivity index (χ0) is 12.1. The van der Waals surface area contributed by atoms with Crippen LogP contribution in [0.25, 0.3) is 0 Å². The van der Waals surface area contributed by atoms with Gasteiger partial charge in [0, 0.05) is 16.6 Å². The molecule has 0 amide bonds. The smallest absolute Gasteiger partial charge is 0.0668 e. The summed E-state index contributed by atoms with van der Waals surface area (Å²) >= 11 is 0. The first-order chi connectivity index (χ1) is 8.31. The van der Waals surface area contributed by atoms with Gasteiger partial charge in [-0.1, -0.05) is 43.2 Å². The van der Waals surface area contributed by atoms with Gasteiger partial charge >= 0.3 is 0 Å². The Labute approximate surface area is 105 Å². The number of rotatable bonds is 3. The molecule has 0 aromatic heterocycles. The molecule has 90 valence electrons. The molecule has 3 atom stereocenters. The van der Waals surface area contributed by atoms with Crippen LogP contribution in [-0.2, 0) is 16.6 Å². The second-order valence-electron chi connectivity index (χ2n) is 4.57. The van der Waals surface area contributed by atoms with Gasteiger partial charge in [0.05, 0.1) is 17.2 Å². The topological polar surface area (TPSA) is 40.9 Å². The second kappa shape index (κ2) is 5.97. The molecule has 0 aliphatic heterocycles. The number of nitriles is 1. The average Bonchev–Trinajstić information content (AvgIpc) is 2.40. The average molecular weight is 247 g/mol. The van der Waals surface area contributed by atoms with E-state index in [0.717, 1.165) is 31.2 Å². The number of nitrogens with zero attached hydrogens (tertiary/aromatic N) is 1. The molecular formula is C14H17NOS. The lowest BCUT2D eigenvalue weighted by Crippen LogP contribution is -2.28. The molecule has 1 aliphatic carbocycles. The van der Waals surface area contributed by atoms with Crippen molar-refractivity contribution < 1.29 is 4.21 Å². The highest BCUT2D eigenvalue weighted by molar-refractivity contribution is 7.84. The fourth-order valence-corrected chi connectivity index (χ4v) is 4.13. The molecule has 1 aliphatic rings. The maximum Gasteiger partial charge on any atom is 0.0668 e. The van der Waals surface area contributed by atoms with Gasteiger partial charge in [-0.2, -0.15) is 5.26 Å². The third-order valence-electron chi connectivity index (χ3n) is 3.36. The lowest BCUT2D eigenvalue weighted by Gasteiger charge is -2.25. The van der Waals surface area contributed by atoms with Crippen molar-refractivity contribution in [2.45, 2.75) is 36.7 Å². The van der Waals surface area contributed by atoms with E-state index in [1.54, 1.807) is 0 Å². The summed E-state index contributed by atoms with van der Waals surface area (Å²) in [7, 11) is -0.910. The van der Waals surface area contributed by atoms with E-state index in [1.165, 1.54) is 0 Å². The molecule has 0 spiro atoms. The van der Waals surface area contributed by atoms with Gasteiger partial charge in [-0.15, -0.1) is 0 Å². The van der Waals surface area contributed by atoms with Gasteiger partial charge in [-0.3, -0.25) is 4.21 Å². The number of hydrogen-bond donors (Lipinski definition) is 0. The standard InChI is InChI=1S/C14H17NOS/c15-10-13-8-4-5-9-14(13)17(16)11-12-6-2-1-3-7-12/h1-3,6-7,13-14H,4-5,8-9,11H2. The molecule has 0 N–H and O–H groups in total. The summed E-state index contributed by atoms with van der Waals surface area (Å²) in [5.41, 5.74) is 1.10. The van der Waals surface area contributed by atoms with Crippen LogP contribution in [-0.4, -0.2) is 9.46 Å². The zero-order valence-corrected chi connectivity index (χ0v) is 10.7. The number of benzene rings is 1. The zero-order valence-electron chi connectivity index (χ0n) is 9.84. The maximum atomic E-state index is 12.3. The molecule has 0 heterocycles. The summed E-state index contributed by atoms with van der Waals surface area (Å²) < 4.78 is 12.3. The van der Waals surface area contributed by atoms with Crippen LogP contribution in [0.3, 0.4) is 0 Å². The molecule has 1 saturated carbocycles. The van der Waals surface area contributed by atoms with Crippen molar-refractivity contribution in [2.24, 2.45) is 5.92 Å². The van der Waals surface area contributed by atoms with Gasteiger partial charge in [-0.05, 0) is 18.4 Å². The molecule has 1 aromatic carbocycles. The largest absolute Gasteiger partial charge is 0.259 e. The number of hydrogen-bond acceptors (Lipinski definition) is 2. The lowest BCUT2D eigenvalue weighted by molar-refractivity contribution is 0.431. The van der Waals surface area contributed by atoms with Crippen LogP contribution in [0.1, 0.15) is 31.2 Å². The minimum Gasteiger partial charge on any atom is -0.259 e. The van der Waals surface area contributed by atoms with Gasteiger partial charge in [0.2, 0.25) is 0 Å². The van der Waals surface area contributed by atoms with Gasteiger partial charge in [0.15, 0.2) is 0 Å². The van der Waals surface area contributed by atoms with E-state index in [9.17, 15) is 4.21 Å². The van der Waals surface area contributed by atoms with E-state index in [0.29, 0.717) is 5.75 Å². The first kappa shape index (κ1) is 12.3. The predicted molar refractivity (Wildman–Crippen MR) is 69.6 cm³/mol. The fourth-order valence-electron chi connectivity index (χ4n) is 2.40. The summed E-state index contributed by atoms with van der Waals surface area (Å²) in [5, 5.41) is 9.17. The molecule has 0 saturated heterocycles. The molecular weight excluding hydrogens is 230 g/mol. The summed E-state index contributed by atoms with van der Waals surface area (Å²) in [5.74, 6) is 0.581. The monoisotopic (exact) mass is 247 g/mol. The minimum absolute atomic E-state index is 0.00621. The van der Waals surface area contributed by atoms with Crippen molar-refractivity contribution in [3.8, 4) is 6.07 Å². The minimum atomic E-state index is -0.910. The highest BCUT2D eigenvalue weighted by Gasteiger charge is 2.29. The third-order valence-corrected chi connectivity index (χ3v) is 5.22. The van der Waals surface area contributed by atoms with Crippen molar-refractivity contribution >= 4 is 10.8 Å². The Morgan fingerprint density at radius 1 is 1.24 bits per heavy atom. The Hall–Kier alpha value is -1.14.